The third kappa shape index (κ3) is 5.04. The lowest BCUT2D eigenvalue weighted by atomic mass is 10.1. The zero-order valence-corrected chi connectivity index (χ0v) is 12.5. The fourth-order valence-corrected chi connectivity index (χ4v) is 2.49. The Morgan fingerprint density at radius 3 is 2.52 bits per heavy atom. The molecule has 0 aliphatic heterocycles. The highest BCUT2D eigenvalue weighted by Crippen LogP contribution is 2.21. The molecule has 0 spiro atoms. The van der Waals surface area contributed by atoms with Gasteiger partial charge in [-0.05, 0) is 24.1 Å². The molecule has 6 nitrogen and oxygen atoms in total. The van der Waals surface area contributed by atoms with Crippen molar-refractivity contribution in [2.75, 3.05) is 13.1 Å². The molecule has 1 fully saturated rings. The summed E-state index contributed by atoms with van der Waals surface area (Å²) in [5.41, 5.74) is 12.5. The van der Waals surface area contributed by atoms with Gasteiger partial charge in [0.2, 0.25) is 0 Å². The second kappa shape index (κ2) is 7.44. The maximum Gasteiger partial charge on any atom is 0.279 e. The van der Waals surface area contributed by atoms with Crippen LogP contribution in [0.5, 0.6) is 0 Å². The van der Waals surface area contributed by atoms with E-state index >= 15 is 0 Å². The number of thioether (sulfide) groups is 1. The summed E-state index contributed by atoms with van der Waals surface area (Å²) in [4.78, 5) is 23.3. The second-order valence-electron chi connectivity index (χ2n) is 4.97. The number of amides is 2. The van der Waals surface area contributed by atoms with Gasteiger partial charge in [0.1, 0.15) is 0 Å². The third-order valence-electron chi connectivity index (χ3n) is 3.16. The number of hydrogen-bond donors (Lipinski definition) is 4. The molecular weight excluding hydrogens is 288 g/mol. The number of rotatable bonds is 6. The number of benzene rings is 1. The molecule has 2 unspecified atom stereocenters. The van der Waals surface area contributed by atoms with Crippen LogP contribution in [0.3, 0.4) is 0 Å². The number of nitrogens with one attached hydrogen (secondary N) is 2. The van der Waals surface area contributed by atoms with Crippen LogP contribution in [0, 0.1) is 0 Å². The molecule has 2 atom stereocenters. The van der Waals surface area contributed by atoms with Crippen molar-refractivity contribution in [3.8, 4) is 0 Å². The van der Waals surface area contributed by atoms with Gasteiger partial charge in [0.05, 0.1) is 0 Å². The minimum atomic E-state index is -0.139. The van der Waals surface area contributed by atoms with Gasteiger partial charge in [-0.15, -0.1) is 0 Å². The summed E-state index contributed by atoms with van der Waals surface area (Å²) < 4.78 is 0. The zero-order chi connectivity index (χ0) is 15.2. The molecule has 2 rings (SSSR count). The summed E-state index contributed by atoms with van der Waals surface area (Å²) in [5, 5.41) is 5.50. The molecule has 7 heteroatoms. The summed E-state index contributed by atoms with van der Waals surface area (Å²) in [5.74, 6) is 0.429. The zero-order valence-electron chi connectivity index (χ0n) is 11.7. The quantitative estimate of drug-likeness (QED) is 0.609. The SMILES string of the molecule is NCCNC(=O)c1ccc(CSC(=O)NC2CC2N)cc1. The first-order valence-corrected chi connectivity index (χ1v) is 7.85. The van der Waals surface area contributed by atoms with E-state index in [9.17, 15) is 9.59 Å². The third-order valence-corrected chi connectivity index (χ3v) is 4.02. The molecular formula is C14H20N4O2S. The Balaban J connectivity index is 1.76. The molecule has 1 aromatic rings. The average molecular weight is 308 g/mol. The van der Waals surface area contributed by atoms with E-state index in [2.05, 4.69) is 10.6 Å². The molecule has 1 aromatic carbocycles. The van der Waals surface area contributed by atoms with E-state index in [0.29, 0.717) is 24.4 Å². The van der Waals surface area contributed by atoms with Crippen LogP contribution in [-0.4, -0.2) is 36.3 Å². The maximum absolute atomic E-state index is 11.7. The Kier molecular flexibility index (Phi) is 5.60. The number of carbonyl (C=O) groups is 2. The normalized spacial score (nSPS) is 19.9. The maximum atomic E-state index is 11.7. The summed E-state index contributed by atoms with van der Waals surface area (Å²) in [6, 6.07) is 7.44. The summed E-state index contributed by atoms with van der Waals surface area (Å²) >= 11 is 1.21. The number of carbonyl (C=O) groups excluding carboxylic acids is 2. The summed E-state index contributed by atoms with van der Waals surface area (Å²) in [7, 11) is 0. The summed E-state index contributed by atoms with van der Waals surface area (Å²) in [6.07, 6.45) is 0.860. The van der Waals surface area contributed by atoms with Crippen LogP contribution in [-0.2, 0) is 5.75 Å². The average Bonchev–Trinajstić information content (AvgIpc) is 3.18. The Morgan fingerprint density at radius 2 is 1.95 bits per heavy atom. The van der Waals surface area contributed by atoms with Gasteiger partial charge < -0.3 is 22.1 Å². The fourth-order valence-electron chi connectivity index (χ4n) is 1.76. The fraction of sp³-hybridized carbons (Fsp3) is 0.429. The molecule has 0 radical (unpaired) electrons. The van der Waals surface area contributed by atoms with E-state index in [1.54, 1.807) is 12.1 Å². The van der Waals surface area contributed by atoms with E-state index < -0.39 is 0 Å². The predicted octanol–water partition coefficient (Wildman–Crippen LogP) is 0.418. The van der Waals surface area contributed by atoms with Gasteiger partial charge in [0, 0.05) is 36.5 Å². The van der Waals surface area contributed by atoms with Crippen LogP contribution >= 0.6 is 11.8 Å². The van der Waals surface area contributed by atoms with E-state index in [0.717, 1.165) is 12.0 Å². The monoisotopic (exact) mass is 308 g/mol. The topological polar surface area (TPSA) is 110 Å². The lowest BCUT2D eigenvalue weighted by Gasteiger charge is -2.06. The molecule has 0 saturated heterocycles. The van der Waals surface area contributed by atoms with Crippen LogP contribution in [0.2, 0.25) is 0 Å². The smallest absolute Gasteiger partial charge is 0.279 e. The molecule has 21 heavy (non-hydrogen) atoms. The molecule has 0 aromatic heterocycles. The lowest BCUT2D eigenvalue weighted by molar-refractivity contribution is 0.0954. The van der Waals surface area contributed by atoms with E-state index in [-0.39, 0.29) is 23.2 Å². The minimum absolute atomic E-state index is 0.0577. The van der Waals surface area contributed by atoms with Crippen LogP contribution in [0.25, 0.3) is 0 Å². The first-order valence-electron chi connectivity index (χ1n) is 6.86. The molecule has 0 bridgehead atoms. The van der Waals surface area contributed by atoms with Gasteiger partial charge in [0.25, 0.3) is 11.1 Å². The lowest BCUT2D eigenvalue weighted by Crippen LogP contribution is -2.28. The molecule has 2 amide bonds. The van der Waals surface area contributed by atoms with Gasteiger partial charge in [-0.3, -0.25) is 9.59 Å². The van der Waals surface area contributed by atoms with E-state index in [1.807, 2.05) is 12.1 Å². The van der Waals surface area contributed by atoms with Gasteiger partial charge in [0.15, 0.2) is 0 Å². The molecule has 0 heterocycles. The van der Waals surface area contributed by atoms with E-state index in [1.165, 1.54) is 11.8 Å². The first kappa shape index (κ1) is 15.8. The highest BCUT2D eigenvalue weighted by atomic mass is 32.2. The van der Waals surface area contributed by atoms with Crippen molar-refractivity contribution in [1.82, 2.24) is 10.6 Å². The first-order chi connectivity index (χ1) is 10.1. The van der Waals surface area contributed by atoms with Crippen molar-refractivity contribution in [3.63, 3.8) is 0 Å². The van der Waals surface area contributed by atoms with Crippen molar-refractivity contribution in [1.29, 1.82) is 0 Å². The van der Waals surface area contributed by atoms with Crippen molar-refractivity contribution >= 4 is 22.9 Å². The Bertz CT molecular complexity index is 506. The number of nitrogens with two attached hydrogens (primary N) is 2. The van der Waals surface area contributed by atoms with Crippen molar-refractivity contribution in [2.45, 2.75) is 24.3 Å². The minimum Gasteiger partial charge on any atom is -0.351 e. The highest BCUT2D eigenvalue weighted by molar-refractivity contribution is 8.12. The van der Waals surface area contributed by atoms with Crippen LogP contribution in [0.15, 0.2) is 24.3 Å². The van der Waals surface area contributed by atoms with Crippen LogP contribution in [0.4, 0.5) is 4.79 Å². The van der Waals surface area contributed by atoms with Gasteiger partial charge in [-0.1, -0.05) is 23.9 Å². The van der Waals surface area contributed by atoms with Gasteiger partial charge in [-0.2, -0.15) is 0 Å². The van der Waals surface area contributed by atoms with Crippen LogP contribution < -0.4 is 22.1 Å². The van der Waals surface area contributed by atoms with Crippen molar-refractivity contribution in [2.24, 2.45) is 11.5 Å². The molecule has 1 aliphatic rings. The van der Waals surface area contributed by atoms with Crippen LogP contribution in [0.1, 0.15) is 22.3 Å². The molecule has 6 N–H and O–H groups in total. The standard InChI is InChI=1S/C14H20N4O2S/c15-5-6-17-13(19)10-3-1-9(2-4-10)8-21-14(20)18-12-7-11(12)16/h1-4,11-12H,5-8,15-16H2,(H,17,19)(H,18,20). The Labute approximate surface area is 128 Å². The predicted molar refractivity (Wildman–Crippen MR) is 84.0 cm³/mol. The van der Waals surface area contributed by atoms with Gasteiger partial charge in [-0.25, -0.2) is 0 Å². The highest BCUT2D eigenvalue weighted by Gasteiger charge is 2.34. The molecule has 114 valence electrons. The van der Waals surface area contributed by atoms with Crippen molar-refractivity contribution in [3.05, 3.63) is 35.4 Å². The van der Waals surface area contributed by atoms with Gasteiger partial charge >= 0.3 is 0 Å². The molecule has 1 saturated carbocycles. The Morgan fingerprint density at radius 1 is 1.29 bits per heavy atom. The Hall–Kier alpha value is -1.57. The van der Waals surface area contributed by atoms with Crippen molar-refractivity contribution < 1.29 is 9.59 Å². The largest absolute Gasteiger partial charge is 0.351 e. The summed E-state index contributed by atoms with van der Waals surface area (Å²) in [6.45, 7) is 0.875. The molecule has 1 aliphatic carbocycles. The second-order valence-corrected chi connectivity index (χ2v) is 5.92. The number of hydrogen-bond acceptors (Lipinski definition) is 5. The van der Waals surface area contributed by atoms with E-state index in [4.69, 9.17) is 11.5 Å².